The highest BCUT2D eigenvalue weighted by atomic mass is 16.1. The van der Waals surface area contributed by atoms with Gasteiger partial charge in [0.05, 0.1) is 11.4 Å². The van der Waals surface area contributed by atoms with Gasteiger partial charge in [0.25, 0.3) is 0 Å². The standard InChI is InChI=1S/C20H26N4.C8H14O.C6H12.3C2H6/c1-6-18-8-7-17(9-13(18)2)11-22-16(5)19-10-14(3)20(15(4)21)24-12-23-19;1-4-6-8(5-2)7(3)9;1-4-6(3)5-2;3*1-2/h7-9,12,22H,3,5-6,10-11,21H2,1-2,4H3;5H,4,6H2,1-3H3;3-5H2,1-2H3;3*1-2H3/b20-15-;8-5+;;;;. The van der Waals surface area contributed by atoms with Gasteiger partial charge in [0, 0.05) is 24.4 Å². The molecule has 1 aromatic carbocycles. The summed E-state index contributed by atoms with van der Waals surface area (Å²) in [7, 11) is 0. The van der Waals surface area contributed by atoms with Crippen molar-refractivity contribution >= 4 is 17.8 Å². The number of rotatable bonds is 10. The fourth-order valence-corrected chi connectivity index (χ4v) is 3.76. The second-order valence-electron chi connectivity index (χ2n) is 9.66. The summed E-state index contributed by atoms with van der Waals surface area (Å²) in [5.74, 6) is 0.208. The van der Waals surface area contributed by atoms with Gasteiger partial charge < -0.3 is 11.1 Å². The summed E-state index contributed by atoms with van der Waals surface area (Å²) in [6.07, 6.45) is 9.31. The van der Waals surface area contributed by atoms with Gasteiger partial charge in [-0.25, -0.2) is 9.98 Å². The maximum atomic E-state index is 10.7. The topological polar surface area (TPSA) is 79.8 Å². The van der Waals surface area contributed by atoms with E-state index in [1.165, 1.54) is 28.6 Å². The van der Waals surface area contributed by atoms with Crippen LogP contribution in [0.3, 0.4) is 0 Å². The van der Waals surface area contributed by atoms with Gasteiger partial charge in [0.15, 0.2) is 5.78 Å². The predicted octanol–water partition coefficient (Wildman–Crippen LogP) is 11.5. The van der Waals surface area contributed by atoms with E-state index in [1.54, 1.807) is 6.92 Å². The lowest BCUT2D eigenvalue weighted by Gasteiger charge is -2.13. The molecule has 256 valence electrons. The summed E-state index contributed by atoms with van der Waals surface area (Å²) in [6, 6.07) is 6.56. The average molecular weight is 623 g/mol. The first kappa shape index (κ1) is 48.4. The van der Waals surface area contributed by atoms with Crippen molar-refractivity contribution in [3.05, 3.63) is 94.5 Å². The van der Waals surface area contributed by atoms with Crippen LogP contribution >= 0.6 is 0 Å². The summed E-state index contributed by atoms with van der Waals surface area (Å²) in [5, 5.41) is 3.35. The lowest BCUT2D eigenvalue weighted by Crippen LogP contribution is -2.20. The fraction of sp³-hybridized carbons (Fsp3) is 0.525. The van der Waals surface area contributed by atoms with Crippen LogP contribution < -0.4 is 11.1 Å². The van der Waals surface area contributed by atoms with Crippen LogP contribution in [0.25, 0.3) is 0 Å². The molecule has 0 aromatic heterocycles. The fourth-order valence-electron chi connectivity index (χ4n) is 3.76. The zero-order valence-electron chi connectivity index (χ0n) is 31.8. The number of nitrogens with two attached hydrogens (primary N) is 1. The molecule has 0 bridgehead atoms. The number of aryl methyl sites for hydroxylation is 2. The quantitative estimate of drug-likeness (QED) is 0.201. The molecule has 0 fully saturated rings. The van der Waals surface area contributed by atoms with Crippen LogP contribution in [-0.2, 0) is 17.8 Å². The Balaban J connectivity index is -0.000000330. The molecule has 0 atom stereocenters. The third-order valence-electron chi connectivity index (χ3n) is 6.45. The SMILES string of the molecule is C/C=C(\CCC)C(C)=O.C=C(CC)CC.C=C(NCc1ccc(CC)c(C)c1)C1=NC=N/C(=C(/C)N)C(=C)C1.CC.CC.CC. The number of allylic oxidation sites excluding steroid dienone is 6. The minimum Gasteiger partial charge on any atom is -0.401 e. The van der Waals surface area contributed by atoms with Gasteiger partial charge in [-0.2, -0.15) is 0 Å². The van der Waals surface area contributed by atoms with Crippen molar-refractivity contribution in [3.63, 3.8) is 0 Å². The van der Waals surface area contributed by atoms with Crippen LogP contribution in [-0.4, -0.2) is 17.8 Å². The van der Waals surface area contributed by atoms with E-state index >= 15 is 0 Å². The normalized spacial score (nSPS) is 12.6. The van der Waals surface area contributed by atoms with Crippen molar-refractivity contribution in [1.82, 2.24) is 5.32 Å². The lowest BCUT2D eigenvalue weighted by atomic mass is 10.0. The minimum atomic E-state index is 0.208. The molecule has 5 heteroatoms. The Bertz CT molecular complexity index is 1110. The molecule has 0 amide bonds. The van der Waals surface area contributed by atoms with Crippen LogP contribution in [0, 0.1) is 6.92 Å². The Labute approximate surface area is 279 Å². The molecule has 1 heterocycles. The molecular formula is C40H70N4O. The number of carbonyl (C=O) groups excluding carboxylic acids is 1. The first-order valence-corrected chi connectivity index (χ1v) is 17.0. The highest BCUT2D eigenvalue weighted by Gasteiger charge is 2.13. The first-order chi connectivity index (χ1) is 21.4. The van der Waals surface area contributed by atoms with E-state index in [0.29, 0.717) is 24.4 Å². The molecule has 5 nitrogen and oxygen atoms in total. The number of hydrogen-bond acceptors (Lipinski definition) is 5. The maximum Gasteiger partial charge on any atom is 0.155 e. The average Bonchev–Trinajstić information content (AvgIpc) is 3.26. The summed E-state index contributed by atoms with van der Waals surface area (Å²) >= 11 is 0. The van der Waals surface area contributed by atoms with E-state index in [0.717, 1.165) is 54.7 Å². The number of nitrogens with one attached hydrogen (secondary N) is 1. The second-order valence-corrected chi connectivity index (χ2v) is 9.66. The Morgan fingerprint density at radius 1 is 1.00 bits per heavy atom. The van der Waals surface area contributed by atoms with E-state index in [-0.39, 0.29) is 5.78 Å². The molecule has 0 unspecified atom stereocenters. The van der Waals surface area contributed by atoms with Crippen molar-refractivity contribution in [3.8, 4) is 0 Å². The van der Waals surface area contributed by atoms with Gasteiger partial charge in [-0.1, -0.05) is 125 Å². The zero-order chi connectivity index (χ0) is 36.0. The number of benzene rings is 1. The Morgan fingerprint density at radius 2 is 1.56 bits per heavy atom. The molecule has 45 heavy (non-hydrogen) atoms. The van der Waals surface area contributed by atoms with Gasteiger partial charge in [-0.15, -0.1) is 0 Å². The lowest BCUT2D eigenvalue weighted by molar-refractivity contribution is -0.113. The molecule has 1 aliphatic heterocycles. The molecule has 1 aromatic rings. The van der Waals surface area contributed by atoms with Gasteiger partial charge in [0.1, 0.15) is 6.34 Å². The van der Waals surface area contributed by atoms with Crippen molar-refractivity contribution in [2.75, 3.05) is 0 Å². The zero-order valence-corrected chi connectivity index (χ0v) is 31.8. The number of hydrogen-bond donors (Lipinski definition) is 2. The Morgan fingerprint density at radius 3 is 1.91 bits per heavy atom. The molecule has 1 aliphatic rings. The summed E-state index contributed by atoms with van der Waals surface area (Å²) in [5.41, 5.74) is 15.9. The smallest absolute Gasteiger partial charge is 0.155 e. The van der Waals surface area contributed by atoms with Gasteiger partial charge in [-0.05, 0) is 81.2 Å². The monoisotopic (exact) mass is 623 g/mol. The van der Waals surface area contributed by atoms with Crippen LogP contribution in [0.1, 0.15) is 139 Å². The predicted molar refractivity (Wildman–Crippen MR) is 206 cm³/mol. The van der Waals surface area contributed by atoms with Crippen molar-refractivity contribution in [2.45, 2.75) is 142 Å². The van der Waals surface area contributed by atoms with E-state index in [4.69, 9.17) is 5.73 Å². The molecule has 0 radical (unpaired) electrons. The van der Waals surface area contributed by atoms with E-state index in [9.17, 15) is 4.79 Å². The highest BCUT2D eigenvalue weighted by molar-refractivity contribution is 6.05. The van der Waals surface area contributed by atoms with Crippen LogP contribution in [0.15, 0.2) is 87.8 Å². The van der Waals surface area contributed by atoms with Crippen LogP contribution in [0.4, 0.5) is 0 Å². The molecule has 3 N–H and O–H groups in total. The number of nitrogens with zero attached hydrogens (tertiary/aromatic N) is 2. The number of carbonyl (C=O) groups is 1. The second kappa shape index (κ2) is 31.9. The van der Waals surface area contributed by atoms with Gasteiger partial charge in [0.2, 0.25) is 0 Å². The third-order valence-corrected chi connectivity index (χ3v) is 6.45. The molecule has 0 spiro atoms. The molecule has 0 saturated heterocycles. The van der Waals surface area contributed by atoms with E-state index < -0.39 is 0 Å². The van der Waals surface area contributed by atoms with Crippen molar-refractivity contribution < 1.29 is 4.79 Å². The number of ketones is 1. The van der Waals surface area contributed by atoms with Crippen LogP contribution in [0.2, 0.25) is 0 Å². The largest absolute Gasteiger partial charge is 0.401 e. The molecule has 2 rings (SSSR count). The summed E-state index contributed by atoms with van der Waals surface area (Å²) in [6.45, 7) is 40.7. The Hall–Kier alpha value is -3.47. The molecular weight excluding hydrogens is 552 g/mol. The molecule has 0 saturated carbocycles. The van der Waals surface area contributed by atoms with E-state index in [1.807, 2.05) is 61.5 Å². The van der Waals surface area contributed by atoms with E-state index in [2.05, 4.69) is 87.9 Å². The van der Waals surface area contributed by atoms with Gasteiger partial charge in [-0.3, -0.25) is 4.79 Å². The first-order valence-electron chi connectivity index (χ1n) is 17.0. The molecule has 0 aliphatic carbocycles. The van der Waals surface area contributed by atoms with Gasteiger partial charge >= 0.3 is 0 Å². The Kier molecular flexibility index (Phi) is 34.4. The van der Waals surface area contributed by atoms with Crippen LogP contribution in [0.5, 0.6) is 0 Å². The third kappa shape index (κ3) is 22.7. The number of aliphatic imine (C=N–C) groups is 2. The maximum absolute atomic E-state index is 10.7. The summed E-state index contributed by atoms with van der Waals surface area (Å²) in [4.78, 5) is 19.3. The van der Waals surface area contributed by atoms with Crippen molar-refractivity contribution in [1.29, 1.82) is 0 Å². The van der Waals surface area contributed by atoms with Crippen molar-refractivity contribution in [2.24, 2.45) is 15.7 Å². The summed E-state index contributed by atoms with van der Waals surface area (Å²) < 4.78 is 0. The number of Topliss-reactive ketones (excluding diaryl/α,β-unsaturated/α-hetero) is 1. The minimum absolute atomic E-state index is 0.208. The highest BCUT2D eigenvalue weighted by Crippen LogP contribution is 2.20.